The number of carboxylic acid groups (broad SMARTS) is 1. The Morgan fingerprint density at radius 2 is 1.52 bits per heavy atom. The molecule has 0 fully saturated rings. The molecule has 6 nitrogen and oxygen atoms in total. The summed E-state index contributed by atoms with van der Waals surface area (Å²) in [5, 5.41) is 19.9. The number of hydrogen-bond acceptors (Lipinski definition) is 5. The van der Waals surface area contributed by atoms with Gasteiger partial charge in [-0.1, -0.05) is 49.4 Å². The number of hydrogen-bond donors (Lipinski definition) is 2. The minimum atomic E-state index is -1.16. The molecule has 0 saturated carbocycles. The Morgan fingerprint density at radius 3 is 2.20 bits per heavy atom. The molecule has 0 amide bonds. The fourth-order valence-corrected chi connectivity index (χ4v) is 4.07. The van der Waals surface area contributed by atoms with E-state index in [-0.39, 0.29) is 84.7 Å². The molecular weight excluding hydrogens is 533 g/mol. The summed E-state index contributed by atoms with van der Waals surface area (Å²) in [7, 11) is 0. The maximum absolute atomic E-state index is 13.3. The molecule has 0 aromatic heterocycles. The van der Waals surface area contributed by atoms with Crippen LogP contribution in [0.3, 0.4) is 0 Å². The van der Waals surface area contributed by atoms with Crippen LogP contribution in [-0.4, -0.2) is 35.2 Å². The van der Waals surface area contributed by atoms with E-state index >= 15 is 0 Å². The quantitative estimate of drug-likeness (QED) is 0.160. The van der Waals surface area contributed by atoms with Gasteiger partial charge in [0.05, 0.1) is 18.8 Å². The topological polar surface area (TPSA) is 93.1 Å². The number of carbonyl (C=O) groups excluding carboxylic acids is 1. The van der Waals surface area contributed by atoms with E-state index in [1.807, 2.05) is 13.0 Å². The summed E-state index contributed by atoms with van der Waals surface area (Å²) >= 11 is 0. The summed E-state index contributed by atoms with van der Waals surface area (Å²) in [6.45, 7) is 2.65. The van der Waals surface area contributed by atoms with Crippen LogP contribution in [0.25, 0.3) is 11.1 Å². The second-order valence-electron chi connectivity index (χ2n) is 8.60. The number of aromatic carboxylic acids is 1. The first-order valence-electron chi connectivity index (χ1n) is 12.2. The van der Waals surface area contributed by atoms with Crippen molar-refractivity contribution in [1.82, 2.24) is 0 Å². The van der Waals surface area contributed by atoms with Crippen LogP contribution in [0.15, 0.2) is 84.9 Å². The van der Waals surface area contributed by atoms with E-state index in [0.717, 1.165) is 5.56 Å². The van der Waals surface area contributed by atoms with Crippen LogP contribution in [0.2, 0.25) is 0 Å². The fourth-order valence-electron chi connectivity index (χ4n) is 4.07. The predicted molar refractivity (Wildman–Crippen MR) is 144 cm³/mol. The van der Waals surface area contributed by atoms with Gasteiger partial charge in [0, 0.05) is 29.2 Å². The molecule has 4 rings (SSSR count). The number of carbonyl (C=O) groups is 2. The first-order valence-corrected chi connectivity index (χ1v) is 12.2. The van der Waals surface area contributed by atoms with Gasteiger partial charge < -0.3 is 22.5 Å². The first-order chi connectivity index (χ1) is 18.4. The largest absolute Gasteiger partial charge is 1.00 e. The van der Waals surface area contributed by atoms with Crippen LogP contribution >= 0.6 is 0 Å². The van der Waals surface area contributed by atoms with Gasteiger partial charge in [-0.25, -0.2) is 9.18 Å². The zero-order chi connectivity index (χ0) is 27.1. The molecule has 0 radical (unpaired) electrons. The van der Waals surface area contributed by atoms with E-state index in [0.29, 0.717) is 54.2 Å². The monoisotopic (exact) mass is 562 g/mol. The van der Waals surface area contributed by atoms with E-state index in [2.05, 4.69) is 0 Å². The number of aromatic hydroxyl groups is 1. The molecular formula is C31H29FNa2O6. The normalized spacial score (nSPS) is 10.2. The van der Waals surface area contributed by atoms with E-state index in [4.69, 9.17) is 9.47 Å². The molecule has 4 aromatic rings. The Bertz CT molecular complexity index is 1470. The molecule has 0 spiro atoms. The van der Waals surface area contributed by atoms with Gasteiger partial charge in [-0.05, 0) is 53.9 Å². The van der Waals surface area contributed by atoms with Gasteiger partial charge in [0.25, 0.3) is 0 Å². The fraction of sp³-hybridized carbons (Fsp3) is 0.161. The Balaban J connectivity index is 0.00000420. The molecule has 0 heterocycles. The van der Waals surface area contributed by atoms with Gasteiger partial charge in [-0.15, -0.1) is 0 Å². The number of aryl methyl sites for hydroxylation is 1. The minimum absolute atomic E-state index is 0. The van der Waals surface area contributed by atoms with Crippen molar-refractivity contribution in [1.29, 1.82) is 0 Å². The number of ether oxygens (including phenoxy) is 2. The van der Waals surface area contributed by atoms with Crippen molar-refractivity contribution in [3.05, 3.63) is 113 Å². The van der Waals surface area contributed by atoms with Gasteiger partial charge in [0.15, 0.2) is 5.78 Å². The zero-order valence-corrected chi connectivity index (χ0v) is 26.8. The Kier molecular flexibility index (Phi) is 13.4. The second kappa shape index (κ2) is 16.0. The molecule has 0 atom stereocenters. The number of halogens is 1. The van der Waals surface area contributed by atoms with Gasteiger partial charge >= 0.3 is 65.1 Å². The Morgan fingerprint density at radius 1 is 0.850 bits per heavy atom. The van der Waals surface area contributed by atoms with Crippen LogP contribution < -0.4 is 68.6 Å². The molecule has 0 bridgehead atoms. The van der Waals surface area contributed by atoms with Crippen molar-refractivity contribution in [2.24, 2.45) is 0 Å². The number of rotatable bonds is 11. The van der Waals surface area contributed by atoms with Crippen LogP contribution in [0, 0.1) is 5.82 Å². The molecule has 4 aromatic carbocycles. The van der Waals surface area contributed by atoms with Crippen LogP contribution in [0.1, 0.15) is 48.0 Å². The molecule has 2 N–H and O–H groups in total. The standard InChI is InChI=1S/C31H27FO6.2Na.2H/c1-2-20-18-27(21-11-13-23(32)14-12-21)28(33)19-29(20)38-16-6-15-37-24-8-5-7-22(17-24)30(34)25-9-3-4-10-26(25)31(35)36;;;;/h3-5,7-14,17-19,33H,2,6,15-16H2,1H3,(H,35,36);;;;/q;2*+1;2*-1. The minimum Gasteiger partial charge on any atom is -1.00 e. The van der Waals surface area contributed by atoms with Crippen molar-refractivity contribution in [2.45, 2.75) is 19.8 Å². The average molecular weight is 563 g/mol. The smallest absolute Gasteiger partial charge is 1.00 e. The van der Waals surface area contributed by atoms with Gasteiger partial charge in [-0.3, -0.25) is 4.79 Å². The van der Waals surface area contributed by atoms with E-state index in [1.165, 1.54) is 24.3 Å². The Hall–Kier alpha value is -2.65. The maximum atomic E-state index is 13.3. The van der Waals surface area contributed by atoms with Crippen LogP contribution in [-0.2, 0) is 6.42 Å². The molecule has 0 unspecified atom stereocenters. The third kappa shape index (κ3) is 8.43. The number of carboxylic acids is 1. The van der Waals surface area contributed by atoms with Crippen molar-refractivity contribution in [3.8, 4) is 28.4 Å². The molecule has 198 valence electrons. The first kappa shape index (κ1) is 33.6. The van der Waals surface area contributed by atoms with Gasteiger partial charge in [0.2, 0.25) is 0 Å². The number of ketones is 1. The third-order valence-corrected chi connectivity index (χ3v) is 6.03. The molecule has 40 heavy (non-hydrogen) atoms. The van der Waals surface area contributed by atoms with Crippen LogP contribution in [0.4, 0.5) is 4.39 Å². The molecule has 0 aliphatic carbocycles. The van der Waals surface area contributed by atoms with Gasteiger partial charge in [0.1, 0.15) is 23.1 Å². The molecule has 0 saturated heterocycles. The van der Waals surface area contributed by atoms with Crippen molar-refractivity contribution >= 4 is 11.8 Å². The predicted octanol–water partition coefficient (Wildman–Crippen LogP) is 0.771. The van der Waals surface area contributed by atoms with E-state index < -0.39 is 11.8 Å². The van der Waals surface area contributed by atoms with Crippen molar-refractivity contribution < 1.29 is 95.6 Å². The van der Waals surface area contributed by atoms with E-state index in [1.54, 1.807) is 54.6 Å². The maximum Gasteiger partial charge on any atom is 1.00 e. The number of phenols is 1. The summed E-state index contributed by atoms with van der Waals surface area (Å²) in [4.78, 5) is 24.4. The summed E-state index contributed by atoms with van der Waals surface area (Å²) in [6.07, 6.45) is 1.23. The number of phenolic OH excluding ortho intramolecular Hbond substituents is 1. The second-order valence-corrected chi connectivity index (χ2v) is 8.60. The summed E-state index contributed by atoms with van der Waals surface area (Å²) < 4.78 is 25.0. The van der Waals surface area contributed by atoms with Crippen molar-refractivity contribution in [2.75, 3.05) is 13.2 Å². The van der Waals surface area contributed by atoms with Crippen molar-refractivity contribution in [3.63, 3.8) is 0 Å². The van der Waals surface area contributed by atoms with Gasteiger partial charge in [-0.2, -0.15) is 0 Å². The molecule has 0 aliphatic heterocycles. The third-order valence-electron chi connectivity index (χ3n) is 6.03. The summed E-state index contributed by atoms with van der Waals surface area (Å²) in [6, 6.07) is 22.1. The van der Waals surface area contributed by atoms with Crippen LogP contribution in [0.5, 0.6) is 17.2 Å². The zero-order valence-electron chi connectivity index (χ0n) is 24.8. The molecule has 9 heteroatoms. The Labute approximate surface area is 279 Å². The summed E-state index contributed by atoms with van der Waals surface area (Å²) in [5.74, 6) is -0.794. The SMILES string of the molecule is CCc1cc(-c2ccc(F)cc2)c(O)cc1OCCCOc1cccc(C(=O)c2ccccc2C(=O)O)c1.[H-].[H-].[Na+].[Na+]. The average Bonchev–Trinajstić information content (AvgIpc) is 2.93. The number of benzene rings is 4. The summed E-state index contributed by atoms with van der Waals surface area (Å²) in [5.41, 5.74) is 2.63. The van der Waals surface area contributed by atoms with E-state index in [9.17, 15) is 24.2 Å². The molecule has 0 aliphatic rings.